The predicted octanol–water partition coefficient (Wildman–Crippen LogP) is 3.49. The van der Waals surface area contributed by atoms with E-state index in [4.69, 9.17) is 4.74 Å². The quantitative estimate of drug-likeness (QED) is 0.842. The molecule has 1 aliphatic rings. The van der Waals surface area contributed by atoms with Gasteiger partial charge in [-0.05, 0) is 44.5 Å². The second-order valence-corrected chi connectivity index (χ2v) is 7.47. The molecule has 0 amide bonds. The van der Waals surface area contributed by atoms with Crippen LogP contribution >= 0.6 is 0 Å². The van der Waals surface area contributed by atoms with Crippen LogP contribution in [0.15, 0.2) is 47.0 Å². The number of aliphatic hydroxyl groups is 1. The van der Waals surface area contributed by atoms with Gasteiger partial charge in [0.2, 0.25) is 0 Å². The van der Waals surface area contributed by atoms with E-state index in [-0.39, 0.29) is 35.6 Å². The molecular formula is C21H23F3N2O3. The summed E-state index contributed by atoms with van der Waals surface area (Å²) in [4.78, 5) is 14.4. The number of fused-ring (bicyclic) bond motifs is 1. The number of halogens is 3. The van der Waals surface area contributed by atoms with Crippen LogP contribution in [0.25, 0.3) is 5.70 Å². The molecule has 2 heterocycles. The van der Waals surface area contributed by atoms with Gasteiger partial charge in [-0.25, -0.2) is 0 Å². The van der Waals surface area contributed by atoms with E-state index in [2.05, 4.69) is 0 Å². The van der Waals surface area contributed by atoms with Gasteiger partial charge in [0.05, 0.1) is 23.6 Å². The highest BCUT2D eigenvalue weighted by molar-refractivity contribution is 5.79. The molecule has 0 bridgehead atoms. The molecule has 0 aliphatic carbocycles. The summed E-state index contributed by atoms with van der Waals surface area (Å²) in [5, 5.41) is 9.43. The number of aromatic nitrogens is 1. The SMILES string of the molecule is Cc1c(C(F)(F)F)ccc2c1C(n1ccccc1=O)=C(N(C)CCO)C(C)(C)O2. The number of rotatable bonds is 4. The molecular weight excluding hydrogens is 385 g/mol. The minimum atomic E-state index is -4.55. The average Bonchev–Trinajstić information content (AvgIpc) is 2.59. The second kappa shape index (κ2) is 7.26. The highest BCUT2D eigenvalue weighted by Gasteiger charge is 2.42. The van der Waals surface area contributed by atoms with Gasteiger partial charge in [0, 0.05) is 31.4 Å². The fourth-order valence-corrected chi connectivity index (χ4v) is 3.85. The number of hydrogen-bond donors (Lipinski definition) is 1. The first-order valence-electron chi connectivity index (χ1n) is 9.14. The van der Waals surface area contributed by atoms with Crippen molar-refractivity contribution in [3.63, 3.8) is 0 Å². The molecule has 0 spiro atoms. The molecule has 3 rings (SSSR count). The molecule has 8 heteroatoms. The third-order valence-corrected chi connectivity index (χ3v) is 5.01. The molecule has 156 valence electrons. The lowest BCUT2D eigenvalue weighted by Crippen LogP contribution is -2.44. The first-order valence-corrected chi connectivity index (χ1v) is 9.14. The van der Waals surface area contributed by atoms with E-state index in [1.165, 1.54) is 29.8 Å². The van der Waals surface area contributed by atoms with Crippen LogP contribution in [0.3, 0.4) is 0 Å². The van der Waals surface area contributed by atoms with Gasteiger partial charge in [0.15, 0.2) is 0 Å². The van der Waals surface area contributed by atoms with Crippen LogP contribution in [0.5, 0.6) is 5.75 Å². The van der Waals surface area contributed by atoms with Crippen LogP contribution in [-0.2, 0) is 6.18 Å². The molecule has 0 saturated heterocycles. The maximum atomic E-state index is 13.6. The molecule has 1 aromatic carbocycles. The summed E-state index contributed by atoms with van der Waals surface area (Å²) < 4.78 is 48.2. The summed E-state index contributed by atoms with van der Waals surface area (Å²) in [5.41, 5.74) is -1.09. The molecule has 5 nitrogen and oxygen atoms in total. The molecule has 0 radical (unpaired) electrons. The van der Waals surface area contributed by atoms with Crippen LogP contribution in [0, 0.1) is 6.92 Å². The van der Waals surface area contributed by atoms with Gasteiger partial charge < -0.3 is 14.7 Å². The van der Waals surface area contributed by atoms with Gasteiger partial charge >= 0.3 is 6.18 Å². The monoisotopic (exact) mass is 408 g/mol. The number of ether oxygens (including phenoxy) is 1. The predicted molar refractivity (Wildman–Crippen MR) is 104 cm³/mol. The van der Waals surface area contributed by atoms with Crippen molar-refractivity contribution in [3.05, 3.63) is 69.3 Å². The van der Waals surface area contributed by atoms with Crippen molar-refractivity contribution in [2.75, 3.05) is 20.2 Å². The lowest BCUT2D eigenvalue weighted by Gasteiger charge is -2.42. The first kappa shape index (κ1) is 21.0. The third kappa shape index (κ3) is 3.64. The fourth-order valence-electron chi connectivity index (χ4n) is 3.85. The Balaban J connectivity index is 2.47. The van der Waals surface area contributed by atoms with E-state index in [1.807, 2.05) is 0 Å². The Morgan fingerprint density at radius 3 is 2.48 bits per heavy atom. The lowest BCUT2D eigenvalue weighted by atomic mass is 9.89. The summed E-state index contributed by atoms with van der Waals surface area (Å²) >= 11 is 0. The van der Waals surface area contributed by atoms with E-state index in [0.717, 1.165) is 6.07 Å². The summed E-state index contributed by atoms with van der Waals surface area (Å²) in [6.45, 7) is 4.99. The smallest absolute Gasteiger partial charge is 0.416 e. The molecule has 1 aromatic heterocycles. The Bertz CT molecular complexity index is 1020. The lowest BCUT2D eigenvalue weighted by molar-refractivity contribution is -0.138. The minimum absolute atomic E-state index is 0.0221. The molecule has 1 N–H and O–H groups in total. The topological polar surface area (TPSA) is 54.7 Å². The van der Waals surface area contributed by atoms with Gasteiger partial charge in [-0.1, -0.05) is 6.07 Å². The zero-order valence-electron chi connectivity index (χ0n) is 16.7. The van der Waals surface area contributed by atoms with Crippen LogP contribution in [-0.4, -0.2) is 40.4 Å². The highest BCUT2D eigenvalue weighted by Crippen LogP contribution is 2.46. The van der Waals surface area contributed by atoms with Crippen molar-refractivity contribution >= 4 is 5.70 Å². The van der Waals surface area contributed by atoms with Crippen molar-refractivity contribution in [1.82, 2.24) is 9.47 Å². The first-order chi connectivity index (χ1) is 13.5. The number of likely N-dealkylation sites (N-methyl/N-ethyl adjacent to an activating group) is 1. The zero-order chi connectivity index (χ0) is 21.6. The average molecular weight is 408 g/mol. The Morgan fingerprint density at radius 2 is 1.90 bits per heavy atom. The molecule has 0 atom stereocenters. The summed E-state index contributed by atoms with van der Waals surface area (Å²) in [6, 6.07) is 6.85. The van der Waals surface area contributed by atoms with E-state index in [0.29, 0.717) is 11.4 Å². The summed E-state index contributed by atoms with van der Waals surface area (Å²) in [6.07, 6.45) is -3.02. The van der Waals surface area contributed by atoms with E-state index in [1.54, 1.807) is 37.9 Å². The van der Waals surface area contributed by atoms with Crippen LogP contribution in [0.2, 0.25) is 0 Å². The van der Waals surface area contributed by atoms with Crippen LogP contribution in [0.1, 0.15) is 30.5 Å². The number of nitrogens with zero attached hydrogens (tertiary/aromatic N) is 2. The van der Waals surface area contributed by atoms with E-state index < -0.39 is 17.3 Å². The minimum Gasteiger partial charge on any atom is -0.481 e. The zero-order valence-corrected chi connectivity index (χ0v) is 16.7. The number of benzene rings is 1. The van der Waals surface area contributed by atoms with Crippen molar-refractivity contribution in [2.24, 2.45) is 0 Å². The van der Waals surface area contributed by atoms with Gasteiger partial charge in [0.25, 0.3) is 5.56 Å². The Kier molecular flexibility index (Phi) is 5.25. The standard InChI is InChI=1S/C21H23F3N2O3/c1-13-14(21(22,23)24)8-9-15-17(13)18(26-10-6-5-7-16(26)28)19(20(2,3)29-15)25(4)11-12-27/h5-10,27H,11-12H2,1-4H3. The molecule has 29 heavy (non-hydrogen) atoms. The molecule has 0 fully saturated rings. The number of alkyl halides is 3. The van der Waals surface area contributed by atoms with Gasteiger partial charge in [-0.15, -0.1) is 0 Å². The Labute approximate surface area is 166 Å². The van der Waals surface area contributed by atoms with Crippen molar-refractivity contribution in [1.29, 1.82) is 0 Å². The maximum absolute atomic E-state index is 13.6. The van der Waals surface area contributed by atoms with Crippen molar-refractivity contribution < 1.29 is 23.0 Å². The number of aliphatic hydroxyl groups excluding tert-OH is 1. The van der Waals surface area contributed by atoms with Gasteiger partial charge in [-0.2, -0.15) is 13.2 Å². The van der Waals surface area contributed by atoms with Crippen LogP contribution in [0.4, 0.5) is 13.2 Å². The van der Waals surface area contributed by atoms with Crippen molar-refractivity contribution in [3.8, 4) is 5.75 Å². The molecule has 0 unspecified atom stereocenters. The molecule has 1 aliphatic heterocycles. The van der Waals surface area contributed by atoms with Crippen LogP contribution < -0.4 is 10.3 Å². The molecule has 2 aromatic rings. The number of pyridine rings is 1. The summed E-state index contributed by atoms with van der Waals surface area (Å²) in [7, 11) is 1.71. The van der Waals surface area contributed by atoms with E-state index in [9.17, 15) is 23.1 Å². The maximum Gasteiger partial charge on any atom is 0.416 e. The second-order valence-electron chi connectivity index (χ2n) is 7.47. The number of hydrogen-bond acceptors (Lipinski definition) is 4. The van der Waals surface area contributed by atoms with Gasteiger partial charge in [-0.3, -0.25) is 9.36 Å². The van der Waals surface area contributed by atoms with E-state index >= 15 is 0 Å². The largest absolute Gasteiger partial charge is 0.481 e. The highest BCUT2D eigenvalue weighted by atomic mass is 19.4. The normalized spacial score (nSPS) is 15.7. The Morgan fingerprint density at radius 1 is 1.21 bits per heavy atom. The van der Waals surface area contributed by atoms with Gasteiger partial charge in [0.1, 0.15) is 11.4 Å². The summed E-state index contributed by atoms with van der Waals surface area (Å²) in [5.74, 6) is 0.271. The molecule has 0 saturated carbocycles. The fraction of sp³-hybridized carbons (Fsp3) is 0.381. The van der Waals surface area contributed by atoms with Crippen molar-refractivity contribution in [2.45, 2.75) is 32.5 Å². The third-order valence-electron chi connectivity index (χ3n) is 5.01. The Hall–Kier alpha value is -2.74.